The Morgan fingerprint density at radius 1 is 0.938 bits per heavy atom. The van der Waals surface area contributed by atoms with Gasteiger partial charge in [0.1, 0.15) is 18.1 Å². The topological polar surface area (TPSA) is 84.9 Å². The Kier molecular flexibility index (Phi) is 8.03. The van der Waals surface area contributed by atoms with Gasteiger partial charge in [-0.05, 0) is 59.5 Å². The summed E-state index contributed by atoms with van der Waals surface area (Å²) < 4.78 is 11.1. The SMILES string of the molecule is COc1cccc(COc2cc(/C=C/C(=O)O)cc(C(=O)NCCc3ccccc3)c2)c1. The van der Waals surface area contributed by atoms with Crippen LogP contribution in [0.1, 0.15) is 27.0 Å². The first-order valence-electron chi connectivity index (χ1n) is 10.2. The summed E-state index contributed by atoms with van der Waals surface area (Å²) >= 11 is 0. The van der Waals surface area contributed by atoms with Crippen LogP contribution in [0.15, 0.2) is 78.9 Å². The third kappa shape index (κ3) is 7.02. The molecule has 3 rings (SSSR count). The van der Waals surface area contributed by atoms with Crippen molar-refractivity contribution >= 4 is 18.0 Å². The van der Waals surface area contributed by atoms with Crippen molar-refractivity contribution in [3.05, 3.63) is 101 Å². The minimum Gasteiger partial charge on any atom is -0.497 e. The lowest BCUT2D eigenvalue weighted by molar-refractivity contribution is -0.131. The number of benzene rings is 3. The van der Waals surface area contributed by atoms with E-state index in [0.29, 0.717) is 29.8 Å². The highest BCUT2D eigenvalue weighted by molar-refractivity contribution is 5.95. The van der Waals surface area contributed by atoms with Crippen molar-refractivity contribution in [2.24, 2.45) is 0 Å². The number of amides is 1. The fraction of sp³-hybridized carbons (Fsp3) is 0.154. The Balaban J connectivity index is 1.72. The van der Waals surface area contributed by atoms with E-state index in [1.165, 1.54) is 6.08 Å². The van der Waals surface area contributed by atoms with Crippen molar-refractivity contribution < 1.29 is 24.2 Å². The molecule has 3 aromatic carbocycles. The molecule has 3 aromatic rings. The van der Waals surface area contributed by atoms with Crippen LogP contribution in [-0.4, -0.2) is 30.6 Å². The molecule has 0 aliphatic rings. The van der Waals surface area contributed by atoms with Gasteiger partial charge in [-0.2, -0.15) is 0 Å². The van der Waals surface area contributed by atoms with Crippen molar-refractivity contribution in [3.63, 3.8) is 0 Å². The number of carbonyl (C=O) groups is 2. The van der Waals surface area contributed by atoms with E-state index in [9.17, 15) is 9.59 Å². The summed E-state index contributed by atoms with van der Waals surface area (Å²) in [5.74, 6) is -0.129. The minimum absolute atomic E-state index is 0.252. The van der Waals surface area contributed by atoms with Crippen LogP contribution in [0.5, 0.6) is 11.5 Å². The van der Waals surface area contributed by atoms with E-state index in [1.54, 1.807) is 25.3 Å². The zero-order valence-electron chi connectivity index (χ0n) is 17.8. The standard InChI is InChI=1S/C26H25NO5/c1-31-23-9-5-8-21(16-23)18-32-24-15-20(10-11-25(28)29)14-22(17-24)26(30)27-13-12-19-6-3-2-4-7-19/h2-11,14-17H,12-13,18H2,1H3,(H,27,30)(H,28,29)/b11-10+. The molecule has 0 saturated carbocycles. The first kappa shape index (κ1) is 22.6. The van der Waals surface area contributed by atoms with Gasteiger partial charge in [0.15, 0.2) is 0 Å². The normalized spacial score (nSPS) is 10.7. The fourth-order valence-corrected chi connectivity index (χ4v) is 3.10. The van der Waals surface area contributed by atoms with Crippen LogP contribution in [0.3, 0.4) is 0 Å². The zero-order chi connectivity index (χ0) is 22.8. The second-order valence-electron chi connectivity index (χ2n) is 7.09. The summed E-state index contributed by atoms with van der Waals surface area (Å²) in [7, 11) is 1.60. The molecule has 164 valence electrons. The third-order valence-corrected chi connectivity index (χ3v) is 4.69. The van der Waals surface area contributed by atoms with Gasteiger partial charge < -0.3 is 19.9 Å². The van der Waals surface area contributed by atoms with Gasteiger partial charge >= 0.3 is 5.97 Å². The van der Waals surface area contributed by atoms with Gasteiger partial charge in [-0.25, -0.2) is 4.79 Å². The maximum atomic E-state index is 12.7. The molecule has 6 nitrogen and oxygen atoms in total. The quantitative estimate of drug-likeness (QED) is 0.467. The predicted octanol–water partition coefficient (Wildman–Crippen LogP) is 4.34. The molecule has 0 aromatic heterocycles. The maximum absolute atomic E-state index is 12.7. The van der Waals surface area contributed by atoms with Crippen LogP contribution in [-0.2, 0) is 17.8 Å². The number of aliphatic carboxylic acids is 1. The summed E-state index contributed by atoms with van der Waals surface area (Å²) in [5.41, 5.74) is 2.99. The van der Waals surface area contributed by atoms with Crippen molar-refractivity contribution in [2.45, 2.75) is 13.0 Å². The minimum atomic E-state index is -1.07. The van der Waals surface area contributed by atoms with Crippen LogP contribution in [0, 0.1) is 0 Å². The molecular weight excluding hydrogens is 406 g/mol. The van der Waals surface area contributed by atoms with Crippen molar-refractivity contribution in [2.75, 3.05) is 13.7 Å². The average Bonchev–Trinajstić information content (AvgIpc) is 2.82. The van der Waals surface area contributed by atoms with E-state index >= 15 is 0 Å². The summed E-state index contributed by atoms with van der Waals surface area (Å²) in [5, 5.41) is 11.8. The number of hydrogen-bond donors (Lipinski definition) is 2. The van der Waals surface area contributed by atoms with E-state index in [1.807, 2.05) is 54.6 Å². The lowest BCUT2D eigenvalue weighted by Gasteiger charge is -2.11. The fourth-order valence-electron chi connectivity index (χ4n) is 3.10. The number of carboxylic acid groups (broad SMARTS) is 1. The van der Waals surface area contributed by atoms with E-state index in [0.717, 1.165) is 23.0 Å². The second-order valence-corrected chi connectivity index (χ2v) is 7.09. The van der Waals surface area contributed by atoms with Crippen molar-refractivity contribution in [1.82, 2.24) is 5.32 Å². The summed E-state index contributed by atoms with van der Waals surface area (Å²) in [6.45, 7) is 0.760. The maximum Gasteiger partial charge on any atom is 0.328 e. The first-order chi connectivity index (χ1) is 15.5. The van der Waals surface area contributed by atoms with Crippen LogP contribution in [0.2, 0.25) is 0 Å². The van der Waals surface area contributed by atoms with Crippen LogP contribution >= 0.6 is 0 Å². The van der Waals surface area contributed by atoms with Crippen molar-refractivity contribution in [1.29, 1.82) is 0 Å². The molecule has 0 saturated heterocycles. The molecule has 0 atom stereocenters. The third-order valence-electron chi connectivity index (χ3n) is 4.69. The molecule has 2 N–H and O–H groups in total. The van der Waals surface area contributed by atoms with Crippen LogP contribution in [0.25, 0.3) is 6.08 Å². The van der Waals surface area contributed by atoms with E-state index in [4.69, 9.17) is 14.6 Å². The summed E-state index contributed by atoms with van der Waals surface area (Å²) in [6, 6.07) is 22.4. The summed E-state index contributed by atoms with van der Waals surface area (Å²) in [6.07, 6.45) is 3.17. The van der Waals surface area contributed by atoms with Crippen LogP contribution < -0.4 is 14.8 Å². The predicted molar refractivity (Wildman–Crippen MR) is 123 cm³/mol. The molecule has 0 aliphatic heterocycles. The Morgan fingerprint density at radius 3 is 2.47 bits per heavy atom. The van der Waals surface area contributed by atoms with Gasteiger partial charge in [-0.3, -0.25) is 4.79 Å². The molecule has 1 amide bonds. The van der Waals surface area contributed by atoms with Gasteiger partial charge in [0, 0.05) is 18.2 Å². The van der Waals surface area contributed by atoms with Gasteiger partial charge in [0.2, 0.25) is 0 Å². The molecule has 0 unspecified atom stereocenters. The summed E-state index contributed by atoms with van der Waals surface area (Å²) in [4.78, 5) is 23.6. The Bertz CT molecular complexity index is 1090. The van der Waals surface area contributed by atoms with Crippen LogP contribution in [0.4, 0.5) is 0 Å². The molecule has 0 aliphatic carbocycles. The monoisotopic (exact) mass is 431 g/mol. The molecule has 6 heteroatoms. The highest BCUT2D eigenvalue weighted by Gasteiger charge is 2.10. The Hall–Kier alpha value is -4.06. The molecular formula is C26H25NO5. The highest BCUT2D eigenvalue weighted by atomic mass is 16.5. The highest BCUT2D eigenvalue weighted by Crippen LogP contribution is 2.21. The molecule has 0 bridgehead atoms. The van der Waals surface area contributed by atoms with Crippen molar-refractivity contribution in [3.8, 4) is 11.5 Å². The number of methoxy groups -OCH3 is 1. The van der Waals surface area contributed by atoms with E-state index < -0.39 is 5.97 Å². The molecule has 0 fully saturated rings. The van der Waals surface area contributed by atoms with Gasteiger partial charge in [0.05, 0.1) is 7.11 Å². The van der Waals surface area contributed by atoms with Gasteiger partial charge in [0.25, 0.3) is 5.91 Å². The second kappa shape index (κ2) is 11.4. The number of carboxylic acids is 1. The molecule has 0 heterocycles. The lowest BCUT2D eigenvalue weighted by Crippen LogP contribution is -2.25. The first-order valence-corrected chi connectivity index (χ1v) is 10.2. The average molecular weight is 431 g/mol. The molecule has 0 spiro atoms. The van der Waals surface area contributed by atoms with E-state index in [-0.39, 0.29) is 12.5 Å². The number of carbonyl (C=O) groups excluding carboxylic acids is 1. The zero-order valence-corrected chi connectivity index (χ0v) is 17.8. The molecule has 32 heavy (non-hydrogen) atoms. The van der Waals surface area contributed by atoms with Gasteiger partial charge in [-0.1, -0.05) is 42.5 Å². The molecule has 0 radical (unpaired) electrons. The Labute approximate surface area is 187 Å². The largest absolute Gasteiger partial charge is 0.497 e. The Morgan fingerprint density at radius 2 is 1.72 bits per heavy atom. The number of ether oxygens (including phenoxy) is 2. The van der Waals surface area contributed by atoms with Gasteiger partial charge in [-0.15, -0.1) is 0 Å². The number of hydrogen-bond acceptors (Lipinski definition) is 4. The number of rotatable bonds is 10. The smallest absolute Gasteiger partial charge is 0.328 e. The number of nitrogens with one attached hydrogen (secondary N) is 1. The lowest BCUT2D eigenvalue weighted by atomic mass is 10.1. The van der Waals surface area contributed by atoms with E-state index in [2.05, 4.69) is 5.32 Å².